The van der Waals surface area contributed by atoms with E-state index in [1.54, 1.807) is 6.26 Å². The third-order valence-electron chi connectivity index (χ3n) is 3.95. The van der Waals surface area contributed by atoms with E-state index in [0.717, 1.165) is 24.2 Å². The molecule has 0 saturated heterocycles. The number of benzene rings is 2. The van der Waals surface area contributed by atoms with E-state index in [9.17, 15) is 0 Å². The van der Waals surface area contributed by atoms with Crippen LogP contribution < -0.4 is 0 Å². The third kappa shape index (κ3) is 3.25. The van der Waals surface area contributed by atoms with Gasteiger partial charge >= 0.3 is 0 Å². The molecule has 3 aromatic rings. The van der Waals surface area contributed by atoms with Gasteiger partial charge in [-0.25, -0.2) is 0 Å². The van der Waals surface area contributed by atoms with Crippen molar-refractivity contribution in [2.75, 3.05) is 0 Å². The molecule has 2 aromatic carbocycles. The molecule has 0 aliphatic heterocycles. The van der Waals surface area contributed by atoms with Crippen molar-refractivity contribution in [3.63, 3.8) is 0 Å². The highest BCUT2D eigenvalue weighted by Gasteiger charge is 2.04. The standard InChI is InChI=1S/C20H20O/c1-15-5-7-17(8-6-15)9-10-18-11-12-19(14-16(18)2)20-4-3-13-21-20/h3-8,11-14H,9-10H2,1-2H3. The number of aryl methyl sites for hydroxylation is 4. The average molecular weight is 276 g/mol. The Balaban J connectivity index is 1.73. The summed E-state index contributed by atoms with van der Waals surface area (Å²) in [4.78, 5) is 0. The second kappa shape index (κ2) is 6.01. The fraction of sp³-hybridized carbons (Fsp3) is 0.200. The second-order valence-electron chi connectivity index (χ2n) is 5.60. The van der Waals surface area contributed by atoms with E-state index in [1.165, 1.54) is 22.3 Å². The largest absolute Gasteiger partial charge is 0.464 e. The van der Waals surface area contributed by atoms with Gasteiger partial charge in [0.15, 0.2) is 0 Å². The van der Waals surface area contributed by atoms with Gasteiger partial charge in [-0.15, -0.1) is 0 Å². The lowest BCUT2D eigenvalue weighted by molar-refractivity contribution is 0.582. The Bertz CT molecular complexity index is 706. The van der Waals surface area contributed by atoms with Gasteiger partial charge < -0.3 is 4.42 Å². The lowest BCUT2D eigenvalue weighted by Crippen LogP contribution is -1.94. The molecule has 0 radical (unpaired) electrons. The van der Waals surface area contributed by atoms with E-state index in [1.807, 2.05) is 12.1 Å². The first kappa shape index (κ1) is 13.7. The van der Waals surface area contributed by atoms with Crippen molar-refractivity contribution in [2.24, 2.45) is 0 Å². The van der Waals surface area contributed by atoms with Gasteiger partial charge in [-0.05, 0) is 61.6 Å². The molecule has 1 heterocycles. The molecule has 0 amide bonds. The summed E-state index contributed by atoms with van der Waals surface area (Å²) in [5.74, 6) is 0.934. The van der Waals surface area contributed by atoms with Crippen LogP contribution in [-0.2, 0) is 12.8 Å². The molecule has 0 saturated carbocycles. The van der Waals surface area contributed by atoms with Crippen LogP contribution in [0.4, 0.5) is 0 Å². The van der Waals surface area contributed by atoms with Crippen LogP contribution >= 0.6 is 0 Å². The van der Waals surface area contributed by atoms with Crippen LogP contribution in [0.15, 0.2) is 65.3 Å². The SMILES string of the molecule is Cc1ccc(CCc2ccc(-c3ccco3)cc2C)cc1. The molecular weight excluding hydrogens is 256 g/mol. The van der Waals surface area contributed by atoms with E-state index in [2.05, 4.69) is 56.3 Å². The molecule has 1 heteroatoms. The molecule has 0 N–H and O–H groups in total. The fourth-order valence-corrected chi connectivity index (χ4v) is 2.61. The molecule has 3 rings (SSSR count). The Morgan fingerprint density at radius 3 is 2.33 bits per heavy atom. The maximum Gasteiger partial charge on any atom is 0.133 e. The van der Waals surface area contributed by atoms with Gasteiger partial charge in [0, 0.05) is 5.56 Å². The molecule has 0 spiro atoms. The number of hydrogen-bond acceptors (Lipinski definition) is 1. The first-order valence-corrected chi connectivity index (χ1v) is 7.41. The predicted octanol–water partition coefficient (Wildman–Crippen LogP) is 5.35. The van der Waals surface area contributed by atoms with Crippen molar-refractivity contribution in [3.8, 4) is 11.3 Å². The van der Waals surface area contributed by atoms with Crippen LogP contribution in [0, 0.1) is 13.8 Å². The molecule has 21 heavy (non-hydrogen) atoms. The minimum atomic E-state index is 0.934. The Labute approximate surface area is 126 Å². The highest BCUT2D eigenvalue weighted by Crippen LogP contribution is 2.23. The molecule has 0 aliphatic carbocycles. The van der Waals surface area contributed by atoms with Gasteiger partial charge in [-0.3, -0.25) is 0 Å². The Morgan fingerprint density at radius 1 is 0.857 bits per heavy atom. The van der Waals surface area contributed by atoms with Gasteiger partial charge in [0.25, 0.3) is 0 Å². The zero-order valence-corrected chi connectivity index (χ0v) is 12.6. The summed E-state index contributed by atoms with van der Waals surface area (Å²) in [6.45, 7) is 4.30. The minimum Gasteiger partial charge on any atom is -0.464 e. The van der Waals surface area contributed by atoms with Crippen molar-refractivity contribution in [2.45, 2.75) is 26.7 Å². The van der Waals surface area contributed by atoms with Crippen molar-refractivity contribution >= 4 is 0 Å². The van der Waals surface area contributed by atoms with E-state index in [0.29, 0.717) is 0 Å². The van der Waals surface area contributed by atoms with Crippen LogP contribution in [0.2, 0.25) is 0 Å². The lowest BCUT2D eigenvalue weighted by Gasteiger charge is -2.08. The van der Waals surface area contributed by atoms with Crippen molar-refractivity contribution in [3.05, 3.63) is 83.1 Å². The molecule has 0 unspecified atom stereocenters. The molecule has 0 bridgehead atoms. The third-order valence-corrected chi connectivity index (χ3v) is 3.95. The summed E-state index contributed by atoms with van der Waals surface area (Å²) in [7, 11) is 0. The van der Waals surface area contributed by atoms with Crippen LogP contribution in [0.5, 0.6) is 0 Å². The van der Waals surface area contributed by atoms with Crippen molar-refractivity contribution in [1.82, 2.24) is 0 Å². The normalized spacial score (nSPS) is 10.8. The summed E-state index contributed by atoms with van der Waals surface area (Å²) < 4.78 is 5.45. The first-order chi connectivity index (χ1) is 10.2. The molecule has 106 valence electrons. The van der Waals surface area contributed by atoms with E-state index in [4.69, 9.17) is 4.42 Å². The van der Waals surface area contributed by atoms with Crippen molar-refractivity contribution < 1.29 is 4.42 Å². The Kier molecular flexibility index (Phi) is 3.92. The van der Waals surface area contributed by atoms with Crippen LogP contribution in [-0.4, -0.2) is 0 Å². The maximum absolute atomic E-state index is 5.45. The van der Waals surface area contributed by atoms with Gasteiger partial charge in [0.05, 0.1) is 6.26 Å². The summed E-state index contributed by atoms with van der Waals surface area (Å²) in [5, 5.41) is 0. The Morgan fingerprint density at radius 2 is 1.67 bits per heavy atom. The Hall–Kier alpha value is -2.28. The average Bonchev–Trinajstić information content (AvgIpc) is 3.02. The summed E-state index contributed by atoms with van der Waals surface area (Å²) in [6, 6.07) is 19.3. The molecule has 1 aromatic heterocycles. The van der Waals surface area contributed by atoms with E-state index >= 15 is 0 Å². The number of rotatable bonds is 4. The zero-order valence-electron chi connectivity index (χ0n) is 12.6. The maximum atomic E-state index is 5.45. The summed E-state index contributed by atoms with van der Waals surface area (Å²) >= 11 is 0. The molecule has 0 atom stereocenters. The molecule has 1 nitrogen and oxygen atoms in total. The van der Waals surface area contributed by atoms with Gasteiger partial charge in [-0.1, -0.05) is 42.0 Å². The lowest BCUT2D eigenvalue weighted by atomic mass is 9.98. The van der Waals surface area contributed by atoms with E-state index in [-0.39, 0.29) is 0 Å². The summed E-state index contributed by atoms with van der Waals surface area (Å²) in [6.07, 6.45) is 3.88. The second-order valence-corrected chi connectivity index (χ2v) is 5.60. The van der Waals surface area contributed by atoms with Gasteiger partial charge in [0.1, 0.15) is 5.76 Å². The zero-order chi connectivity index (χ0) is 14.7. The van der Waals surface area contributed by atoms with Crippen molar-refractivity contribution in [1.29, 1.82) is 0 Å². The highest BCUT2D eigenvalue weighted by molar-refractivity contribution is 5.59. The highest BCUT2D eigenvalue weighted by atomic mass is 16.3. The molecule has 0 fully saturated rings. The first-order valence-electron chi connectivity index (χ1n) is 7.41. The summed E-state index contributed by atoms with van der Waals surface area (Å²) in [5.41, 5.74) is 6.60. The van der Waals surface area contributed by atoms with Crippen LogP contribution in [0.1, 0.15) is 22.3 Å². The number of furan rings is 1. The monoisotopic (exact) mass is 276 g/mol. The minimum absolute atomic E-state index is 0.934. The smallest absolute Gasteiger partial charge is 0.133 e. The van der Waals surface area contributed by atoms with E-state index < -0.39 is 0 Å². The van der Waals surface area contributed by atoms with Gasteiger partial charge in [0.2, 0.25) is 0 Å². The topological polar surface area (TPSA) is 13.1 Å². The van der Waals surface area contributed by atoms with Gasteiger partial charge in [-0.2, -0.15) is 0 Å². The quantitative estimate of drug-likeness (QED) is 0.626. The van der Waals surface area contributed by atoms with Crippen LogP contribution in [0.3, 0.4) is 0 Å². The fourth-order valence-electron chi connectivity index (χ4n) is 2.61. The predicted molar refractivity (Wildman–Crippen MR) is 87.5 cm³/mol. The molecule has 0 aliphatic rings. The van der Waals surface area contributed by atoms with Crippen LogP contribution in [0.25, 0.3) is 11.3 Å². The number of hydrogen-bond donors (Lipinski definition) is 0. The molecular formula is C20H20O.